The Labute approximate surface area is 130 Å². The maximum absolute atomic E-state index is 13.6. The molecule has 1 rings (SSSR count). The number of carbonyl (C=O) groups excluding carboxylic acids is 1. The average Bonchev–Trinajstić information content (AvgIpc) is 2.45. The fourth-order valence-electron chi connectivity index (χ4n) is 1.92. The maximum atomic E-state index is 13.6. The van der Waals surface area contributed by atoms with E-state index in [1.807, 2.05) is 6.92 Å². The van der Waals surface area contributed by atoms with Gasteiger partial charge in [0, 0.05) is 19.5 Å². The van der Waals surface area contributed by atoms with Crippen molar-refractivity contribution < 1.29 is 17.6 Å². The lowest BCUT2D eigenvalue weighted by molar-refractivity contribution is -0.114. The molecule has 1 aromatic carbocycles. The Kier molecular flexibility index (Phi) is 6.92. The number of amides is 1. The molecule has 124 valence electrons. The molecule has 0 spiro atoms. The Morgan fingerprint density at radius 3 is 2.64 bits per heavy atom. The zero-order valence-electron chi connectivity index (χ0n) is 12.7. The summed E-state index contributed by atoms with van der Waals surface area (Å²) in [7, 11) is -3.83. The Balaban J connectivity index is 2.99. The highest BCUT2D eigenvalue weighted by Crippen LogP contribution is 2.20. The second-order valence-corrected chi connectivity index (χ2v) is 6.73. The number of rotatable bonds is 8. The van der Waals surface area contributed by atoms with Crippen LogP contribution in [0, 0.1) is 5.82 Å². The number of halogens is 1. The maximum Gasteiger partial charge on any atom is 0.240 e. The van der Waals surface area contributed by atoms with Crippen molar-refractivity contribution in [3.8, 4) is 0 Å². The lowest BCUT2D eigenvalue weighted by Gasteiger charge is -2.17. The Hall–Kier alpha value is -1.51. The SMILES string of the molecule is CCCCC(CN)NS(=O)(=O)c1ccc(F)c(NC(C)=O)c1. The van der Waals surface area contributed by atoms with E-state index < -0.39 is 21.7 Å². The molecule has 0 saturated heterocycles. The van der Waals surface area contributed by atoms with Crippen LogP contribution < -0.4 is 15.8 Å². The highest BCUT2D eigenvalue weighted by atomic mass is 32.2. The lowest BCUT2D eigenvalue weighted by Crippen LogP contribution is -2.40. The first-order chi connectivity index (χ1) is 10.3. The van der Waals surface area contributed by atoms with Crippen molar-refractivity contribution in [3.05, 3.63) is 24.0 Å². The van der Waals surface area contributed by atoms with Gasteiger partial charge in [0.25, 0.3) is 0 Å². The first-order valence-electron chi connectivity index (χ1n) is 7.09. The van der Waals surface area contributed by atoms with E-state index >= 15 is 0 Å². The zero-order chi connectivity index (χ0) is 16.8. The van der Waals surface area contributed by atoms with E-state index in [2.05, 4.69) is 10.0 Å². The van der Waals surface area contributed by atoms with Gasteiger partial charge >= 0.3 is 0 Å². The van der Waals surface area contributed by atoms with Crippen LogP contribution in [-0.4, -0.2) is 26.9 Å². The fourth-order valence-corrected chi connectivity index (χ4v) is 3.23. The standard InChI is InChI=1S/C14H22FN3O3S/c1-3-4-5-11(9-16)18-22(20,21)12-6-7-13(15)14(8-12)17-10(2)19/h6-8,11,18H,3-5,9,16H2,1-2H3,(H,17,19). The summed E-state index contributed by atoms with van der Waals surface area (Å²) in [5.41, 5.74) is 5.40. The Bertz CT molecular complexity index is 620. The third-order valence-corrected chi connectivity index (χ3v) is 4.59. The van der Waals surface area contributed by atoms with Crippen molar-refractivity contribution in [2.24, 2.45) is 5.73 Å². The molecular weight excluding hydrogens is 309 g/mol. The highest BCUT2D eigenvalue weighted by Gasteiger charge is 2.20. The third-order valence-electron chi connectivity index (χ3n) is 3.07. The van der Waals surface area contributed by atoms with Gasteiger partial charge in [0.15, 0.2) is 0 Å². The summed E-state index contributed by atoms with van der Waals surface area (Å²) in [5, 5.41) is 2.26. The fraction of sp³-hybridized carbons (Fsp3) is 0.500. The number of nitrogens with two attached hydrogens (primary N) is 1. The molecule has 0 aromatic heterocycles. The van der Waals surface area contributed by atoms with Crippen LogP contribution in [-0.2, 0) is 14.8 Å². The van der Waals surface area contributed by atoms with E-state index in [4.69, 9.17) is 5.73 Å². The van der Waals surface area contributed by atoms with E-state index in [9.17, 15) is 17.6 Å². The van der Waals surface area contributed by atoms with Gasteiger partial charge < -0.3 is 11.1 Å². The molecule has 0 saturated carbocycles. The third kappa shape index (κ3) is 5.36. The van der Waals surface area contributed by atoms with Crippen LogP contribution >= 0.6 is 0 Å². The summed E-state index contributed by atoms with van der Waals surface area (Å²) in [6, 6.07) is 2.87. The molecule has 1 atom stereocenters. The highest BCUT2D eigenvalue weighted by molar-refractivity contribution is 7.89. The molecule has 0 heterocycles. The van der Waals surface area contributed by atoms with Crippen LogP contribution in [0.2, 0.25) is 0 Å². The van der Waals surface area contributed by atoms with Crippen molar-refractivity contribution in [3.63, 3.8) is 0 Å². The predicted octanol–water partition coefficient (Wildman–Crippen LogP) is 1.58. The first-order valence-corrected chi connectivity index (χ1v) is 8.58. The molecule has 4 N–H and O–H groups in total. The predicted molar refractivity (Wildman–Crippen MR) is 83.4 cm³/mol. The molecule has 0 fully saturated rings. The molecule has 8 heteroatoms. The van der Waals surface area contributed by atoms with Crippen LogP contribution in [0.4, 0.5) is 10.1 Å². The summed E-state index contributed by atoms with van der Waals surface area (Å²) >= 11 is 0. The van der Waals surface area contributed by atoms with Gasteiger partial charge in [0.2, 0.25) is 15.9 Å². The topological polar surface area (TPSA) is 101 Å². The largest absolute Gasteiger partial charge is 0.329 e. The van der Waals surface area contributed by atoms with Crippen molar-refractivity contribution in [2.75, 3.05) is 11.9 Å². The molecule has 6 nitrogen and oxygen atoms in total. The molecule has 0 bridgehead atoms. The minimum atomic E-state index is -3.83. The van der Waals surface area contributed by atoms with E-state index in [0.717, 1.165) is 31.0 Å². The number of hydrogen-bond donors (Lipinski definition) is 3. The molecule has 0 radical (unpaired) electrons. The summed E-state index contributed by atoms with van der Waals surface area (Å²) in [4.78, 5) is 10.9. The monoisotopic (exact) mass is 331 g/mol. The minimum Gasteiger partial charge on any atom is -0.329 e. The molecule has 0 aliphatic rings. The van der Waals surface area contributed by atoms with Gasteiger partial charge in [0.05, 0.1) is 10.6 Å². The Morgan fingerprint density at radius 1 is 1.41 bits per heavy atom. The second kappa shape index (κ2) is 8.21. The number of benzene rings is 1. The zero-order valence-corrected chi connectivity index (χ0v) is 13.5. The summed E-state index contributed by atoms with van der Waals surface area (Å²) in [6.07, 6.45) is 2.42. The van der Waals surface area contributed by atoms with Crippen LogP contribution in [0.5, 0.6) is 0 Å². The van der Waals surface area contributed by atoms with Crippen LogP contribution in [0.1, 0.15) is 33.1 Å². The van der Waals surface area contributed by atoms with E-state index in [0.29, 0.717) is 6.42 Å². The summed E-state index contributed by atoms with van der Waals surface area (Å²) < 4.78 is 40.7. The molecule has 22 heavy (non-hydrogen) atoms. The number of nitrogens with one attached hydrogen (secondary N) is 2. The number of hydrogen-bond acceptors (Lipinski definition) is 4. The van der Waals surface area contributed by atoms with Crippen LogP contribution in [0.3, 0.4) is 0 Å². The van der Waals surface area contributed by atoms with Gasteiger partial charge in [-0.1, -0.05) is 19.8 Å². The first kappa shape index (κ1) is 18.5. The Morgan fingerprint density at radius 2 is 2.09 bits per heavy atom. The van der Waals surface area contributed by atoms with E-state index in [1.54, 1.807) is 0 Å². The van der Waals surface area contributed by atoms with Gasteiger partial charge in [-0.3, -0.25) is 4.79 Å². The van der Waals surface area contributed by atoms with Crippen molar-refractivity contribution in [1.82, 2.24) is 4.72 Å². The molecular formula is C14H22FN3O3S. The van der Waals surface area contributed by atoms with Crippen molar-refractivity contribution in [1.29, 1.82) is 0 Å². The normalized spacial score (nSPS) is 12.9. The number of anilines is 1. The summed E-state index contributed by atoms with van der Waals surface area (Å²) in [5.74, 6) is -1.18. The van der Waals surface area contributed by atoms with E-state index in [-0.39, 0.29) is 23.2 Å². The molecule has 1 aromatic rings. The molecule has 1 amide bonds. The second-order valence-electron chi connectivity index (χ2n) is 5.02. The van der Waals surface area contributed by atoms with Crippen LogP contribution in [0.25, 0.3) is 0 Å². The minimum absolute atomic E-state index is 0.118. The number of carbonyl (C=O) groups is 1. The van der Waals surface area contributed by atoms with Gasteiger partial charge in [0.1, 0.15) is 5.82 Å². The van der Waals surface area contributed by atoms with Gasteiger partial charge in [-0.2, -0.15) is 0 Å². The van der Waals surface area contributed by atoms with Crippen LogP contribution in [0.15, 0.2) is 23.1 Å². The average molecular weight is 331 g/mol. The summed E-state index contributed by atoms with van der Waals surface area (Å²) in [6.45, 7) is 3.40. The number of sulfonamides is 1. The van der Waals surface area contributed by atoms with Gasteiger partial charge in [-0.25, -0.2) is 17.5 Å². The van der Waals surface area contributed by atoms with Crippen molar-refractivity contribution >= 4 is 21.6 Å². The smallest absolute Gasteiger partial charge is 0.240 e. The van der Waals surface area contributed by atoms with Gasteiger partial charge in [-0.05, 0) is 24.6 Å². The van der Waals surface area contributed by atoms with Gasteiger partial charge in [-0.15, -0.1) is 0 Å². The lowest BCUT2D eigenvalue weighted by atomic mass is 10.1. The molecule has 0 aliphatic heterocycles. The van der Waals surface area contributed by atoms with Crippen molar-refractivity contribution in [2.45, 2.75) is 44.0 Å². The molecule has 0 aliphatic carbocycles. The number of unbranched alkanes of at least 4 members (excludes halogenated alkanes) is 1. The quantitative estimate of drug-likeness (QED) is 0.673. The molecule has 1 unspecified atom stereocenters. The van der Waals surface area contributed by atoms with E-state index in [1.165, 1.54) is 6.92 Å².